The maximum absolute atomic E-state index is 15.8. The molecule has 0 aliphatic carbocycles. The van der Waals surface area contributed by atoms with Crippen LogP contribution in [0.3, 0.4) is 0 Å². The predicted octanol–water partition coefficient (Wildman–Crippen LogP) is 16.3. The Morgan fingerprint density at radius 2 is 0.750 bits per heavy atom. The van der Waals surface area contributed by atoms with Crippen LogP contribution in [0.1, 0.15) is 142 Å². The number of hydrogen-bond donors (Lipinski definition) is 0. The molecule has 2 aromatic heterocycles. The zero-order chi connectivity index (χ0) is 36.4. The van der Waals surface area contributed by atoms with Crippen molar-refractivity contribution in [3.63, 3.8) is 0 Å². The van der Waals surface area contributed by atoms with Crippen molar-refractivity contribution in [3.8, 4) is 32.4 Å². The molecular formula is C46H60F2O2S2. The highest BCUT2D eigenvalue weighted by Crippen LogP contribution is 2.44. The number of rotatable bonds is 26. The van der Waals surface area contributed by atoms with Crippen LogP contribution in [0.4, 0.5) is 8.78 Å². The molecule has 0 aliphatic heterocycles. The van der Waals surface area contributed by atoms with Crippen molar-refractivity contribution < 1.29 is 18.3 Å². The lowest BCUT2D eigenvalue weighted by Gasteiger charge is -2.07. The van der Waals surface area contributed by atoms with Gasteiger partial charge in [-0.05, 0) is 84.6 Å². The van der Waals surface area contributed by atoms with Crippen molar-refractivity contribution in [1.29, 1.82) is 0 Å². The van der Waals surface area contributed by atoms with E-state index in [-0.39, 0.29) is 11.6 Å². The number of halogens is 2. The van der Waals surface area contributed by atoms with Crippen LogP contribution < -0.4 is 9.47 Å². The summed E-state index contributed by atoms with van der Waals surface area (Å²) in [7, 11) is 0. The summed E-state index contributed by atoms with van der Waals surface area (Å²) in [6.07, 6.45) is 25.9. The Morgan fingerprint density at radius 3 is 1.10 bits per heavy atom. The van der Waals surface area contributed by atoms with Gasteiger partial charge in [-0.3, -0.25) is 0 Å². The van der Waals surface area contributed by atoms with Crippen LogP contribution in [-0.2, 0) is 0 Å². The summed E-state index contributed by atoms with van der Waals surface area (Å²) in [5.74, 6) is 1.03. The largest absolute Gasteiger partial charge is 0.494 e. The molecule has 2 nitrogen and oxygen atoms in total. The van der Waals surface area contributed by atoms with Gasteiger partial charge in [0.2, 0.25) is 0 Å². The normalized spacial score (nSPS) is 11.6. The number of benzene rings is 3. The molecule has 5 aromatic rings. The third kappa shape index (κ3) is 12.0. The lowest BCUT2D eigenvalue weighted by Crippen LogP contribution is -1.97. The van der Waals surface area contributed by atoms with Crippen LogP contribution in [0.25, 0.3) is 41.1 Å². The van der Waals surface area contributed by atoms with Gasteiger partial charge in [-0.15, -0.1) is 22.7 Å². The number of fused-ring (bicyclic) bond motifs is 2. The molecule has 52 heavy (non-hydrogen) atoms. The van der Waals surface area contributed by atoms with Crippen molar-refractivity contribution in [2.75, 3.05) is 13.2 Å². The van der Waals surface area contributed by atoms with Crippen molar-refractivity contribution in [2.45, 2.75) is 142 Å². The molecule has 0 saturated carbocycles. The smallest absolute Gasteiger partial charge is 0.149 e. The van der Waals surface area contributed by atoms with Crippen LogP contribution in [0, 0.1) is 11.6 Å². The molecule has 0 unspecified atom stereocenters. The van der Waals surface area contributed by atoms with Crippen molar-refractivity contribution in [2.24, 2.45) is 0 Å². The highest BCUT2D eigenvalue weighted by Gasteiger charge is 2.20. The Kier molecular flexibility index (Phi) is 17.3. The van der Waals surface area contributed by atoms with Gasteiger partial charge in [0, 0.05) is 20.2 Å². The fourth-order valence-electron chi connectivity index (χ4n) is 6.96. The average molecular weight is 747 g/mol. The Hall–Kier alpha value is -2.96. The summed E-state index contributed by atoms with van der Waals surface area (Å²) in [4.78, 5) is 1.14. The first kappa shape index (κ1) is 40.2. The standard InChI is InChI=1S/C46H60F2O2S2/c1-3-5-7-9-11-13-15-17-19-21-31-49-37-27-23-35(24-28-37)45-43(47)39-33-40-42(34-41(39)51-45)52-46(44(40)48)36-25-29-38(30-26-36)50-32-22-20-18-16-14-12-10-8-6-4-2/h23-30,33-34H,3-22,31-32H2,1-2H3. The van der Waals surface area contributed by atoms with Crippen LogP contribution in [0.15, 0.2) is 60.7 Å². The summed E-state index contributed by atoms with van der Waals surface area (Å²) in [5.41, 5.74) is 1.62. The Balaban J connectivity index is 1.08. The monoisotopic (exact) mass is 746 g/mol. The fourth-order valence-corrected chi connectivity index (χ4v) is 9.25. The van der Waals surface area contributed by atoms with Gasteiger partial charge in [0.25, 0.3) is 0 Å². The Bertz CT molecular complexity index is 1610. The third-order valence-corrected chi connectivity index (χ3v) is 12.5. The van der Waals surface area contributed by atoms with Gasteiger partial charge >= 0.3 is 0 Å². The maximum Gasteiger partial charge on any atom is 0.149 e. The third-order valence-electron chi connectivity index (χ3n) is 10.1. The van der Waals surface area contributed by atoms with E-state index in [4.69, 9.17) is 9.47 Å². The van der Waals surface area contributed by atoms with Crippen LogP contribution in [-0.4, -0.2) is 13.2 Å². The van der Waals surface area contributed by atoms with E-state index in [9.17, 15) is 0 Å². The first-order valence-electron chi connectivity index (χ1n) is 20.4. The molecule has 282 valence electrons. The lowest BCUT2D eigenvalue weighted by atomic mass is 10.1. The van der Waals surface area contributed by atoms with Gasteiger partial charge in [-0.1, -0.05) is 129 Å². The topological polar surface area (TPSA) is 18.5 Å². The minimum absolute atomic E-state index is 0.294. The molecule has 0 bridgehead atoms. The second kappa shape index (κ2) is 22.3. The molecule has 0 saturated heterocycles. The van der Waals surface area contributed by atoms with Crippen molar-refractivity contribution in [1.82, 2.24) is 0 Å². The van der Waals surface area contributed by atoms with E-state index < -0.39 is 0 Å². The highest BCUT2D eigenvalue weighted by atomic mass is 32.1. The Labute approximate surface area is 320 Å². The van der Waals surface area contributed by atoms with Crippen LogP contribution in [0.2, 0.25) is 0 Å². The number of hydrogen-bond acceptors (Lipinski definition) is 4. The summed E-state index contributed by atoms with van der Waals surface area (Å²) < 4.78 is 45.2. The first-order chi connectivity index (χ1) is 25.6. The molecule has 0 radical (unpaired) electrons. The second-order valence-electron chi connectivity index (χ2n) is 14.4. The van der Waals surface area contributed by atoms with Crippen LogP contribution in [0.5, 0.6) is 11.5 Å². The second-order valence-corrected chi connectivity index (χ2v) is 16.5. The van der Waals surface area contributed by atoms with Crippen molar-refractivity contribution in [3.05, 3.63) is 72.3 Å². The lowest BCUT2D eigenvalue weighted by molar-refractivity contribution is 0.304. The van der Waals surface area contributed by atoms with E-state index in [0.717, 1.165) is 44.9 Å². The predicted molar refractivity (Wildman–Crippen MR) is 223 cm³/mol. The van der Waals surface area contributed by atoms with E-state index in [0.29, 0.717) is 33.7 Å². The molecule has 0 amide bonds. The van der Waals surface area contributed by atoms with E-state index in [1.54, 1.807) is 6.07 Å². The van der Waals surface area contributed by atoms with E-state index in [2.05, 4.69) is 13.8 Å². The highest BCUT2D eigenvalue weighted by molar-refractivity contribution is 7.24. The molecule has 0 aliphatic rings. The van der Waals surface area contributed by atoms with Crippen molar-refractivity contribution >= 4 is 42.8 Å². The summed E-state index contributed by atoms with van der Waals surface area (Å²) in [5, 5.41) is 0.931. The molecule has 2 heterocycles. The van der Waals surface area contributed by atoms with Gasteiger partial charge in [-0.25, -0.2) is 8.78 Å². The van der Waals surface area contributed by atoms with Gasteiger partial charge in [-0.2, -0.15) is 0 Å². The quantitative estimate of drug-likeness (QED) is 0.0525. The van der Waals surface area contributed by atoms with Gasteiger partial charge in [0.1, 0.15) is 23.1 Å². The van der Waals surface area contributed by atoms with Gasteiger partial charge in [0.15, 0.2) is 0 Å². The molecule has 0 fully saturated rings. The van der Waals surface area contributed by atoms with Gasteiger partial charge < -0.3 is 9.47 Å². The molecule has 0 spiro atoms. The molecule has 0 atom stereocenters. The van der Waals surface area contributed by atoms with E-state index >= 15 is 8.78 Å². The minimum atomic E-state index is -0.294. The summed E-state index contributed by atoms with van der Waals surface area (Å²) >= 11 is 2.83. The summed E-state index contributed by atoms with van der Waals surface area (Å²) in [6.45, 7) is 5.93. The van der Waals surface area contributed by atoms with Crippen LogP contribution >= 0.6 is 22.7 Å². The zero-order valence-electron chi connectivity index (χ0n) is 31.7. The number of unbranched alkanes of at least 4 members (excludes halogenated alkanes) is 18. The Morgan fingerprint density at radius 1 is 0.423 bits per heavy atom. The molecule has 5 rings (SSSR count). The molecule has 0 N–H and O–H groups in total. The molecule has 6 heteroatoms. The zero-order valence-corrected chi connectivity index (χ0v) is 33.4. The maximum atomic E-state index is 15.8. The summed E-state index contributed by atoms with van der Waals surface area (Å²) in [6, 6.07) is 19.0. The van der Waals surface area contributed by atoms with E-state index in [1.165, 1.54) is 138 Å². The van der Waals surface area contributed by atoms with Gasteiger partial charge in [0.05, 0.1) is 23.0 Å². The fraction of sp³-hybridized carbons (Fsp3) is 0.522. The first-order valence-corrected chi connectivity index (χ1v) is 22.0. The number of ether oxygens (including phenoxy) is 2. The molecular weight excluding hydrogens is 687 g/mol. The average Bonchev–Trinajstić information content (AvgIpc) is 3.67. The van der Waals surface area contributed by atoms with E-state index in [1.807, 2.05) is 54.6 Å². The molecule has 3 aromatic carbocycles. The minimum Gasteiger partial charge on any atom is -0.494 e. The number of thiophene rings is 2. The SMILES string of the molecule is CCCCCCCCCCCCOc1ccc(-c2sc3cc4sc(-c5ccc(OCCCCCCCCCCCC)cc5)c(F)c4cc3c2F)cc1.